The normalized spacial score (nSPS) is 17.0. The van der Waals surface area contributed by atoms with Crippen LogP contribution < -0.4 is 10.1 Å². The molecule has 1 aliphatic heterocycles. The van der Waals surface area contributed by atoms with Gasteiger partial charge in [-0.25, -0.2) is 13.4 Å². The minimum absolute atomic E-state index is 0.0839. The Morgan fingerprint density at radius 1 is 1.27 bits per heavy atom. The maximum absolute atomic E-state index is 13.2. The number of hydrogen-bond acceptors (Lipinski definition) is 6. The zero-order valence-electron chi connectivity index (χ0n) is 18.2. The first-order valence-electron chi connectivity index (χ1n) is 10.4. The lowest BCUT2D eigenvalue weighted by Crippen LogP contribution is -2.43. The smallest absolute Gasteiger partial charge is 0.243 e. The fourth-order valence-electron chi connectivity index (χ4n) is 3.83. The number of methoxy groups -OCH3 is 1. The van der Waals surface area contributed by atoms with E-state index in [1.807, 2.05) is 36.6 Å². The average Bonchev–Trinajstić information content (AvgIpc) is 3.25. The molecule has 0 unspecified atom stereocenters. The zero-order valence-corrected chi connectivity index (χ0v) is 20.6. The number of nitrogens with one attached hydrogen (secondary N) is 1. The Labute approximate surface area is 202 Å². The van der Waals surface area contributed by atoms with Crippen LogP contribution in [-0.2, 0) is 14.8 Å². The van der Waals surface area contributed by atoms with Crippen LogP contribution in [0.25, 0.3) is 11.3 Å². The number of rotatable bonds is 6. The molecule has 0 radical (unpaired) electrons. The molecule has 0 aliphatic carbocycles. The SMILES string of the molecule is COc1ccc(S(=O)(=O)N2CCC[C@@H](C(=O)Nc3cccc(-c4csc(C)n4)c3)C2)cc1Cl. The molecule has 4 rings (SSSR count). The first-order valence-corrected chi connectivity index (χ1v) is 13.1. The second-order valence-electron chi connectivity index (χ2n) is 7.82. The summed E-state index contributed by atoms with van der Waals surface area (Å²) in [4.78, 5) is 17.6. The quantitative estimate of drug-likeness (QED) is 0.519. The molecule has 1 aliphatic rings. The van der Waals surface area contributed by atoms with Gasteiger partial charge in [-0.2, -0.15) is 4.31 Å². The summed E-state index contributed by atoms with van der Waals surface area (Å²) in [6.07, 6.45) is 1.21. The van der Waals surface area contributed by atoms with E-state index in [-0.39, 0.29) is 22.4 Å². The topological polar surface area (TPSA) is 88.6 Å². The van der Waals surface area contributed by atoms with Crippen molar-refractivity contribution >= 4 is 44.6 Å². The van der Waals surface area contributed by atoms with E-state index < -0.39 is 15.9 Å². The van der Waals surface area contributed by atoms with Crippen molar-refractivity contribution in [3.05, 3.63) is 57.9 Å². The van der Waals surface area contributed by atoms with E-state index in [0.717, 1.165) is 16.3 Å². The van der Waals surface area contributed by atoms with Gasteiger partial charge in [0, 0.05) is 29.7 Å². The molecule has 0 bridgehead atoms. The Bertz CT molecular complexity index is 1280. The summed E-state index contributed by atoms with van der Waals surface area (Å²) in [7, 11) is -2.31. The van der Waals surface area contributed by atoms with Crippen molar-refractivity contribution in [3.8, 4) is 17.0 Å². The van der Waals surface area contributed by atoms with Gasteiger partial charge in [-0.1, -0.05) is 23.7 Å². The summed E-state index contributed by atoms with van der Waals surface area (Å²) in [5.74, 6) is -0.247. The molecule has 1 atom stereocenters. The third kappa shape index (κ3) is 5.22. The molecule has 174 valence electrons. The van der Waals surface area contributed by atoms with E-state index in [9.17, 15) is 13.2 Å². The molecular formula is C23H24ClN3O4S2. The molecule has 1 fully saturated rings. The van der Waals surface area contributed by atoms with Crippen LogP contribution in [0.5, 0.6) is 5.75 Å². The molecule has 1 amide bonds. The average molecular weight is 506 g/mol. The number of aryl methyl sites for hydroxylation is 1. The van der Waals surface area contributed by atoms with Gasteiger partial charge in [0.2, 0.25) is 15.9 Å². The van der Waals surface area contributed by atoms with Crippen LogP contribution in [0.2, 0.25) is 5.02 Å². The van der Waals surface area contributed by atoms with Gasteiger partial charge in [-0.15, -0.1) is 11.3 Å². The molecular weight excluding hydrogens is 482 g/mol. The number of piperidine rings is 1. The van der Waals surface area contributed by atoms with Crippen LogP contribution in [0, 0.1) is 12.8 Å². The van der Waals surface area contributed by atoms with Crippen LogP contribution in [0.4, 0.5) is 5.69 Å². The number of anilines is 1. The number of halogens is 1. The van der Waals surface area contributed by atoms with Gasteiger partial charge in [-0.05, 0) is 50.1 Å². The molecule has 0 saturated carbocycles. The number of carbonyl (C=O) groups is 1. The Morgan fingerprint density at radius 2 is 2.09 bits per heavy atom. The highest BCUT2D eigenvalue weighted by Gasteiger charge is 2.33. The maximum atomic E-state index is 13.2. The van der Waals surface area contributed by atoms with Crippen LogP contribution in [0.15, 0.2) is 52.7 Å². The molecule has 1 aromatic heterocycles. The molecule has 0 spiro atoms. The maximum Gasteiger partial charge on any atom is 0.243 e. The van der Waals surface area contributed by atoms with Crippen molar-refractivity contribution in [3.63, 3.8) is 0 Å². The van der Waals surface area contributed by atoms with Crippen LogP contribution in [-0.4, -0.2) is 43.8 Å². The van der Waals surface area contributed by atoms with Crippen molar-refractivity contribution in [1.29, 1.82) is 0 Å². The second-order valence-corrected chi connectivity index (χ2v) is 11.2. The van der Waals surface area contributed by atoms with E-state index >= 15 is 0 Å². The van der Waals surface area contributed by atoms with Gasteiger partial charge < -0.3 is 10.1 Å². The van der Waals surface area contributed by atoms with E-state index in [0.29, 0.717) is 30.8 Å². The van der Waals surface area contributed by atoms with Crippen molar-refractivity contribution in [2.75, 3.05) is 25.5 Å². The number of amides is 1. The first kappa shape index (κ1) is 23.7. The standard InChI is InChI=1S/C23H24ClN3O4S2/c1-15-25-21(14-32-15)16-5-3-7-18(11-16)26-23(28)17-6-4-10-27(13-17)33(29,30)19-8-9-22(31-2)20(24)12-19/h3,5,7-9,11-12,14,17H,4,6,10,13H2,1-2H3,(H,26,28)/t17-/m1/s1. The summed E-state index contributed by atoms with van der Waals surface area (Å²) in [5, 5.41) is 6.12. The summed E-state index contributed by atoms with van der Waals surface area (Å²) >= 11 is 7.70. The molecule has 1 N–H and O–H groups in total. The molecule has 2 heterocycles. The van der Waals surface area contributed by atoms with Gasteiger partial charge in [0.05, 0.1) is 33.6 Å². The number of ether oxygens (including phenoxy) is 1. The highest BCUT2D eigenvalue weighted by atomic mass is 35.5. The van der Waals surface area contributed by atoms with E-state index in [1.54, 1.807) is 11.3 Å². The minimum atomic E-state index is -3.78. The van der Waals surface area contributed by atoms with Crippen molar-refractivity contribution in [2.24, 2.45) is 5.92 Å². The Balaban J connectivity index is 1.47. The lowest BCUT2D eigenvalue weighted by molar-refractivity contribution is -0.120. The number of aromatic nitrogens is 1. The largest absolute Gasteiger partial charge is 0.495 e. The highest BCUT2D eigenvalue weighted by molar-refractivity contribution is 7.89. The third-order valence-corrected chi connectivity index (χ3v) is 8.49. The van der Waals surface area contributed by atoms with Crippen molar-refractivity contribution < 1.29 is 17.9 Å². The number of benzene rings is 2. The number of sulfonamides is 1. The molecule has 1 saturated heterocycles. The van der Waals surface area contributed by atoms with Crippen LogP contribution >= 0.6 is 22.9 Å². The van der Waals surface area contributed by atoms with Crippen molar-refractivity contribution in [1.82, 2.24) is 9.29 Å². The first-order chi connectivity index (χ1) is 15.8. The van der Waals surface area contributed by atoms with Gasteiger partial charge in [0.25, 0.3) is 0 Å². The van der Waals surface area contributed by atoms with Gasteiger partial charge >= 0.3 is 0 Å². The highest BCUT2D eigenvalue weighted by Crippen LogP contribution is 2.31. The van der Waals surface area contributed by atoms with Gasteiger partial charge in [0.1, 0.15) is 5.75 Å². The monoisotopic (exact) mass is 505 g/mol. The Kier molecular flexibility index (Phi) is 7.04. The van der Waals surface area contributed by atoms with Crippen molar-refractivity contribution in [2.45, 2.75) is 24.7 Å². The van der Waals surface area contributed by atoms with Crippen LogP contribution in [0.1, 0.15) is 17.8 Å². The number of nitrogens with zero attached hydrogens (tertiary/aromatic N) is 2. The minimum Gasteiger partial charge on any atom is -0.495 e. The predicted molar refractivity (Wildman–Crippen MR) is 130 cm³/mol. The van der Waals surface area contributed by atoms with Crippen LogP contribution in [0.3, 0.4) is 0 Å². The number of thiazole rings is 1. The van der Waals surface area contributed by atoms with E-state index in [2.05, 4.69) is 10.3 Å². The lowest BCUT2D eigenvalue weighted by atomic mass is 9.98. The predicted octanol–water partition coefficient (Wildman–Crippen LogP) is 4.82. The summed E-state index contributed by atoms with van der Waals surface area (Å²) < 4.78 is 32.8. The van der Waals surface area contributed by atoms with Gasteiger partial charge in [-0.3, -0.25) is 4.79 Å². The third-order valence-electron chi connectivity index (χ3n) is 5.56. The molecule has 33 heavy (non-hydrogen) atoms. The molecule has 7 nitrogen and oxygen atoms in total. The molecule has 2 aromatic carbocycles. The molecule has 10 heteroatoms. The van der Waals surface area contributed by atoms with E-state index in [4.69, 9.17) is 16.3 Å². The second kappa shape index (κ2) is 9.80. The lowest BCUT2D eigenvalue weighted by Gasteiger charge is -2.31. The number of hydrogen-bond donors (Lipinski definition) is 1. The summed E-state index contributed by atoms with van der Waals surface area (Å²) in [6.45, 7) is 2.42. The summed E-state index contributed by atoms with van der Waals surface area (Å²) in [5.41, 5.74) is 2.44. The zero-order chi connectivity index (χ0) is 23.6. The molecule has 3 aromatic rings. The summed E-state index contributed by atoms with van der Waals surface area (Å²) in [6, 6.07) is 11.9. The van der Waals surface area contributed by atoms with E-state index in [1.165, 1.54) is 29.6 Å². The fraction of sp³-hybridized carbons (Fsp3) is 0.304. The Morgan fingerprint density at radius 3 is 2.79 bits per heavy atom. The number of carbonyl (C=O) groups excluding carboxylic acids is 1. The van der Waals surface area contributed by atoms with Gasteiger partial charge in [0.15, 0.2) is 0 Å². The fourth-order valence-corrected chi connectivity index (χ4v) is 6.32. The Hall–Kier alpha value is -2.46.